The molecule has 0 bridgehead atoms. The lowest BCUT2D eigenvalue weighted by Gasteiger charge is -2.17. The van der Waals surface area contributed by atoms with Crippen LogP contribution in [0.3, 0.4) is 0 Å². The Hall–Kier alpha value is -2.21. The van der Waals surface area contributed by atoms with E-state index in [2.05, 4.69) is 0 Å². The molecular weight excluding hydrogens is 297 g/mol. The Morgan fingerprint density at radius 2 is 1.73 bits per heavy atom. The molecule has 0 saturated heterocycles. The van der Waals surface area contributed by atoms with Gasteiger partial charge in [-0.1, -0.05) is 18.2 Å². The van der Waals surface area contributed by atoms with E-state index in [0.29, 0.717) is 11.3 Å². The highest BCUT2D eigenvalue weighted by Gasteiger charge is 2.31. The van der Waals surface area contributed by atoms with Crippen LogP contribution in [0.5, 0.6) is 11.5 Å². The van der Waals surface area contributed by atoms with Crippen molar-refractivity contribution in [3.05, 3.63) is 59.7 Å². The fraction of sp³-hybridized carbons (Fsp3) is 0.250. The molecule has 0 aliphatic heterocycles. The molecule has 1 unspecified atom stereocenters. The molecule has 0 spiro atoms. The topological polar surface area (TPSA) is 49.7 Å². The number of halogens is 3. The zero-order chi connectivity index (χ0) is 16.2. The maximum absolute atomic E-state index is 12.7. The van der Waals surface area contributed by atoms with Gasteiger partial charge in [0, 0.05) is 5.92 Å². The van der Waals surface area contributed by atoms with E-state index in [1.54, 1.807) is 0 Å². The summed E-state index contributed by atoms with van der Waals surface area (Å²) >= 11 is 0. The van der Waals surface area contributed by atoms with Gasteiger partial charge in [0.1, 0.15) is 11.5 Å². The fourth-order valence-electron chi connectivity index (χ4n) is 1.96. The average molecular weight is 312 g/mol. The van der Waals surface area contributed by atoms with Crippen molar-refractivity contribution in [1.82, 2.24) is 0 Å². The molecule has 2 rings (SSSR count). The van der Waals surface area contributed by atoms with Crippen LogP contribution in [0.25, 0.3) is 0 Å². The molecule has 0 aromatic heterocycles. The van der Waals surface area contributed by atoms with Crippen LogP contribution in [0.4, 0.5) is 13.2 Å². The summed E-state index contributed by atoms with van der Waals surface area (Å²) < 4.78 is 43.6. The minimum absolute atomic E-state index is 0.0303. The summed E-state index contributed by atoms with van der Waals surface area (Å²) in [4.78, 5) is 0. The normalized spacial score (nSPS) is 12.9. The van der Waals surface area contributed by atoms with Gasteiger partial charge in [0.05, 0.1) is 18.8 Å². The van der Waals surface area contributed by atoms with Crippen molar-refractivity contribution >= 4 is 0 Å². The predicted molar refractivity (Wildman–Crippen MR) is 74.9 cm³/mol. The Balaban J connectivity index is 2.09. The molecule has 0 amide bonds. The molecule has 0 fully saturated rings. The summed E-state index contributed by atoms with van der Waals surface area (Å²) in [7, 11) is 0. The van der Waals surface area contributed by atoms with E-state index in [4.69, 9.17) is 9.84 Å². The van der Waals surface area contributed by atoms with E-state index in [1.807, 2.05) is 0 Å². The van der Waals surface area contributed by atoms with Crippen LogP contribution in [0.1, 0.15) is 17.0 Å². The van der Waals surface area contributed by atoms with Gasteiger partial charge < -0.3 is 14.9 Å². The number of alkyl halides is 3. The highest BCUT2D eigenvalue weighted by Crippen LogP contribution is 2.31. The first-order valence-corrected chi connectivity index (χ1v) is 6.60. The predicted octanol–water partition coefficient (Wildman–Crippen LogP) is 3.57. The molecule has 2 N–H and O–H groups in total. The van der Waals surface area contributed by atoms with E-state index in [0.717, 1.165) is 12.1 Å². The maximum Gasteiger partial charge on any atom is 0.416 e. The maximum atomic E-state index is 12.7. The standard InChI is InChI=1S/C16H15F3O3/c17-16(18,19)13-3-1-2-11(8-13)12(9-20)10-22-15-6-4-14(21)5-7-15/h1-8,12,20-21H,9-10H2. The summed E-state index contributed by atoms with van der Waals surface area (Å²) in [5.41, 5.74) is -0.399. The van der Waals surface area contributed by atoms with Gasteiger partial charge in [-0.25, -0.2) is 0 Å². The molecule has 0 radical (unpaired) electrons. The first-order chi connectivity index (χ1) is 10.4. The number of ether oxygens (including phenoxy) is 1. The minimum Gasteiger partial charge on any atom is -0.508 e. The highest BCUT2D eigenvalue weighted by molar-refractivity contribution is 5.31. The van der Waals surface area contributed by atoms with Gasteiger partial charge in [-0.15, -0.1) is 0 Å². The van der Waals surface area contributed by atoms with Crippen LogP contribution in [0, 0.1) is 0 Å². The van der Waals surface area contributed by atoms with Crippen molar-refractivity contribution < 1.29 is 28.1 Å². The van der Waals surface area contributed by atoms with Gasteiger partial charge in [0.2, 0.25) is 0 Å². The largest absolute Gasteiger partial charge is 0.508 e. The second-order valence-corrected chi connectivity index (χ2v) is 4.81. The van der Waals surface area contributed by atoms with Crippen molar-refractivity contribution in [1.29, 1.82) is 0 Å². The van der Waals surface area contributed by atoms with Crippen LogP contribution < -0.4 is 4.74 Å². The number of aromatic hydroxyl groups is 1. The zero-order valence-corrected chi connectivity index (χ0v) is 11.5. The van der Waals surface area contributed by atoms with E-state index in [9.17, 15) is 18.3 Å². The third-order valence-electron chi connectivity index (χ3n) is 3.19. The van der Waals surface area contributed by atoms with E-state index >= 15 is 0 Å². The van der Waals surface area contributed by atoms with Crippen LogP contribution in [0.2, 0.25) is 0 Å². The Bertz CT molecular complexity index is 609. The van der Waals surface area contributed by atoms with Crippen molar-refractivity contribution in [2.45, 2.75) is 12.1 Å². The third-order valence-corrected chi connectivity index (χ3v) is 3.19. The molecule has 118 valence electrons. The van der Waals surface area contributed by atoms with E-state index in [1.165, 1.54) is 36.4 Å². The molecule has 0 saturated carbocycles. The number of rotatable bonds is 5. The quantitative estimate of drug-likeness (QED) is 0.887. The molecule has 6 heteroatoms. The van der Waals surface area contributed by atoms with Crippen molar-refractivity contribution in [3.63, 3.8) is 0 Å². The van der Waals surface area contributed by atoms with Crippen molar-refractivity contribution in [3.8, 4) is 11.5 Å². The van der Waals surface area contributed by atoms with Crippen LogP contribution in [-0.2, 0) is 6.18 Å². The summed E-state index contributed by atoms with van der Waals surface area (Å²) in [6.07, 6.45) is -4.42. The van der Waals surface area contributed by atoms with Crippen LogP contribution >= 0.6 is 0 Å². The van der Waals surface area contributed by atoms with Crippen molar-refractivity contribution in [2.24, 2.45) is 0 Å². The van der Waals surface area contributed by atoms with Gasteiger partial charge in [0.25, 0.3) is 0 Å². The average Bonchev–Trinajstić information content (AvgIpc) is 2.49. The zero-order valence-electron chi connectivity index (χ0n) is 11.5. The minimum atomic E-state index is -4.42. The second kappa shape index (κ2) is 6.70. The van der Waals surface area contributed by atoms with Crippen LogP contribution in [-0.4, -0.2) is 23.4 Å². The summed E-state index contributed by atoms with van der Waals surface area (Å²) in [5, 5.41) is 18.6. The number of phenols is 1. The third kappa shape index (κ3) is 4.14. The summed E-state index contributed by atoms with van der Waals surface area (Å²) in [5.74, 6) is -0.0248. The molecule has 3 nitrogen and oxygen atoms in total. The lowest BCUT2D eigenvalue weighted by molar-refractivity contribution is -0.137. The number of hydrogen-bond acceptors (Lipinski definition) is 3. The molecule has 22 heavy (non-hydrogen) atoms. The lowest BCUT2D eigenvalue weighted by Crippen LogP contribution is -2.15. The molecule has 0 aliphatic rings. The molecular formula is C16H15F3O3. The molecule has 0 aliphatic carbocycles. The smallest absolute Gasteiger partial charge is 0.416 e. The van der Waals surface area contributed by atoms with E-state index < -0.39 is 17.7 Å². The Morgan fingerprint density at radius 1 is 1.05 bits per heavy atom. The molecule has 1 atom stereocenters. The second-order valence-electron chi connectivity index (χ2n) is 4.81. The number of phenolic OH excluding ortho intramolecular Hbond substituents is 1. The number of aliphatic hydroxyl groups excluding tert-OH is 1. The van der Waals surface area contributed by atoms with Crippen LogP contribution in [0.15, 0.2) is 48.5 Å². The summed E-state index contributed by atoms with van der Waals surface area (Å²) in [6.45, 7) is -0.304. The monoisotopic (exact) mass is 312 g/mol. The van der Waals surface area contributed by atoms with Gasteiger partial charge in [-0.05, 0) is 35.9 Å². The Morgan fingerprint density at radius 3 is 2.32 bits per heavy atom. The van der Waals surface area contributed by atoms with Crippen molar-refractivity contribution in [2.75, 3.05) is 13.2 Å². The SMILES string of the molecule is OCC(COc1ccc(O)cc1)c1cccc(C(F)(F)F)c1. The first kappa shape index (κ1) is 16.2. The number of aliphatic hydroxyl groups is 1. The Kier molecular flexibility index (Phi) is 4.92. The highest BCUT2D eigenvalue weighted by atomic mass is 19.4. The Labute approximate surface area is 125 Å². The molecule has 0 heterocycles. The fourth-order valence-corrected chi connectivity index (χ4v) is 1.96. The van der Waals surface area contributed by atoms with Gasteiger partial charge in [0.15, 0.2) is 0 Å². The number of benzene rings is 2. The van der Waals surface area contributed by atoms with E-state index in [-0.39, 0.29) is 19.0 Å². The number of hydrogen-bond donors (Lipinski definition) is 2. The molecule has 2 aromatic rings. The first-order valence-electron chi connectivity index (χ1n) is 6.60. The van der Waals surface area contributed by atoms with Gasteiger partial charge in [-0.2, -0.15) is 13.2 Å². The van der Waals surface area contributed by atoms with Gasteiger partial charge in [-0.3, -0.25) is 0 Å². The molecule has 2 aromatic carbocycles. The lowest BCUT2D eigenvalue weighted by atomic mass is 9.98. The summed E-state index contributed by atoms with van der Waals surface area (Å²) in [6, 6.07) is 10.8. The van der Waals surface area contributed by atoms with Gasteiger partial charge >= 0.3 is 6.18 Å².